The summed E-state index contributed by atoms with van der Waals surface area (Å²) in [5.41, 5.74) is -2.25. The third kappa shape index (κ3) is 6.25. The van der Waals surface area contributed by atoms with Crippen molar-refractivity contribution in [2.24, 2.45) is 0 Å². The number of piperazine rings is 1. The van der Waals surface area contributed by atoms with Crippen LogP contribution in [0, 0.1) is 11.3 Å². The van der Waals surface area contributed by atoms with E-state index in [1.165, 1.54) is 48.7 Å². The van der Waals surface area contributed by atoms with Crippen molar-refractivity contribution < 1.29 is 32.2 Å². The van der Waals surface area contributed by atoms with Crippen LogP contribution in [0.1, 0.15) is 50.3 Å². The molecule has 1 aromatic heterocycles. The maximum atomic E-state index is 15.1. The molecule has 2 saturated heterocycles. The second kappa shape index (κ2) is 14.6. The summed E-state index contributed by atoms with van der Waals surface area (Å²) in [7, 11) is -4.66. The van der Waals surface area contributed by atoms with Crippen LogP contribution in [-0.4, -0.2) is 105 Å². The number of aromatic nitrogens is 1. The first-order chi connectivity index (χ1) is 24.2. The predicted octanol–water partition coefficient (Wildman–Crippen LogP) is 3.97. The number of carbonyl (C=O) groups excluding carboxylic acids is 2. The molecule has 0 spiro atoms. The molecule has 2 fully saturated rings. The Bertz CT molecular complexity index is 1880. The summed E-state index contributed by atoms with van der Waals surface area (Å²) in [4.78, 5) is 39.9. The van der Waals surface area contributed by atoms with E-state index in [-0.39, 0.29) is 52.1 Å². The number of hydrogen-bond donors (Lipinski definition) is 0. The van der Waals surface area contributed by atoms with E-state index in [4.69, 9.17) is 14.2 Å². The number of likely N-dealkylation sites (tertiary alicyclic amines) is 1. The Labute approximate surface area is 293 Å². The van der Waals surface area contributed by atoms with E-state index in [1.807, 2.05) is 0 Å². The van der Waals surface area contributed by atoms with Gasteiger partial charge in [0.15, 0.2) is 0 Å². The molecule has 3 aliphatic rings. The number of sulfonamides is 1. The number of hydrogen-bond acceptors (Lipinski definition) is 11. The highest BCUT2D eigenvalue weighted by molar-refractivity contribution is 7.93. The Hall–Kier alpha value is -4.71. The SMILES string of the molecule is CCOc1ccccc1S(=O)(=O)N1C(=O)C(OC(=O)N2CCC(N3CCN(CC)CC3)CC2)(c2cccnc2OCC)c2cc(C#N)ccc21. The highest BCUT2D eigenvalue weighted by Crippen LogP contribution is 2.52. The van der Waals surface area contributed by atoms with Gasteiger partial charge in [0.05, 0.1) is 36.1 Å². The van der Waals surface area contributed by atoms with E-state index in [0.29, 0.717) is 23.4 Å². The average Bonchev–Trinajstić information content (AvgIpc) is 3.39. The predicted molar refractivity (Wildman–Crippen MR) is 184 cm³/mol. The molecular weight excluding hydrogens is 660 g/mol. The minimum absolute atomic E-state index is 0.00463. The third-order valence-electron chi connectivity index (χ3n) is 9.64. The highest BCUT2D eigenvalue weighted by atomic mass is 32.2. The molecule has 50 heavy (non-hydrogen) atoms. The molecule has 4 heterocycles. The van der Waals surface area contributed by atoms with Crippen molar-refractivity contribution in [3.05, 3.63) is 77.5 Å². The van der Waals surface area contributed by atoms with Crippen LogP contribution in [0.3, 0.4) is 0 Å². The molecule has 2 aromatic carbocycles. The first-order valence-corrected chi connectivity index (χ1v) is 18.5. The van der Waals surface area contributed by atoms with Gasteiger partial charge in [0.2, 0.25) is 5.88 Å². The number of amides is 2. The smallest absolute Gasteiger partial charge is 0.411 e. The van der Waals surface area contributed by atoms with Gasteiger partial charge in [-0.2, -0.15) is 9.57 Å². The van der Waals surface area contributed by atoms with Gasteiger partial charge in [0.25, 0.3) is 21.5 Å². The normalized spacial score (nSPS) is 20.3. The largest absolute Gasteiger partial charge is 0.492 e. The summed E-state index contributed by atoms with van der Waals surface area (Å²) in [6.07, 6.45) is 2.13. The van der Waals surface area contributed by atoms with Gasteiger partial charge < -0.3 is 24.0 Å². The molecule has 6 rings (SSSR count). The molecule has 1 unspecified atom stereocenters. The Balaban J connectivity index is 1.42. The van der Waals surface area contributed by atoms with Gasteiger partial charge in [-0.15, -0.1) is 0 Å². The number of benzene rings is 2. The zero-order valence-electron chi connectivity index (χ0n) is 28.6. The van der Waals surface area contributed by atoms with Gasteiger partial charge in [-0.05, 0) is 75.7 Å². The van der Waals surface area contributed by atoms with Crippen molar-refractivity contribution in [1.29, 1.82) is 5.26 Å². The number of pyridine rings is 1. The average molecular weight is 703 g/mol. The van der Waals surface area contributed by atoms with Crippen molar-refractivity contribution in [2.75, 3.05) is 63.3 Å². The molecule has 0 radical (unpaired) electrons. The summed E-state index contributed by atoms with van der Waals surface area (Å²) in [6.45, 7) is 11.7. The third-order valence-corrected chi connectivity index (χ3v) is 11.4. The Morgan fingerprint density at radius 2 is 1.66 bits per heavy atom. The fourth-order valence-electron chi connectivity index (χ4n) is 7.09. The number of nitrogens with zero attached hydrogens (tertiary/aromatic N) is 6. The van der Waals surface area contributed by atoms with Crippen LogP contribution < -0.4 is 13.8 Å². The lowest BCUT2D eigenvalue weighted by Crippen LogP contribution is -2.54. The summed E-state index contributed by atoms with van der Waals surface area (Å²) in [5.74, 6) is -1.02. The quantitative estimate of drug-likeness (QED) is 0.303. The van der Waals surface area contributed by atoms with Crippen LogP contribution in [0.4, 0.5) is 10.5 Å². The maximum Gasteiger partial charge on any atom is 0.411 e. The standard InChI is InChI=1S/C36H42N6O7S/c1-4-39-20-22-40(23-21-39)27-15-18-41(19-16-27)35(44)49-36(28-10-9-17-38-33(28)48-6-3)29-24-26(25-37)13-14-30(29)42(34(36)43)50(45,46)32-12-8-7-11-31(32)47-5-2/h7-14,17,24,27H,4-6,15-16,18-23H2,1-3H3. The first-order valence-electron chi connectivity index (χ1n) is 17.1. The number of anilines is 1. The van der Waals surface area contributed by atoms with Gasteiger partial charge in [0, 0.05) is 57.1 Å². The number of piperidine rings is 1. The lowest BCUT2D eigenvalue weighted by atomic mass is 9.87. The van der Waals surface area contributed by atoms with Crippen molar-refractivity contribution in [1.82, 2.24) is 19.7 Å². The Kier molecular flexibility index (Phi) is 10.3. The van der Waals surface area contributed by atoms with E-state index in [0.717, 1.165) is 45.6 Å². The number of rotatable bonds is 10. The summed E-state index contributed by atoms with van der Waals surface area (Å²) >= 11 is 0. The minimum atomic E-state index is -4.66. The van der Waals surface area contributed by atoms with Crippen molar-refractivity contribution >= 4 is 27.7 Å². The molecule has 264 valence electrons. The van der Waals surface area contributed by atoms with Gasteiger partial charge in [-0.1, -0.05) is 19.1 Å². The fraction of sp³-hybridized carbons (Fsp3) is 0.444. The van der Waals surface area contributed by atoms with Crippen LogP contribution >= 0.6 is 0 Å². The number of para-hydroxylation sites is 1. The van der Waals surface area contributed by atoms with Crippen LogP contribution in [-0.2, 0) is 25.2 Å². The van der Waals surface area contributed by atoms with E-state index in [2.05, 4.69) is 27.8 Å². The first kappa shape index (κ1) is 35.1. The van der Waals surface area contributed by atoms with E-state index in [9.17, 15) is 18.5 Å². The molecule has 3 aromatic rings. The zero-order chi connectivity index (χ0) is 35.5. The molecule has 1 atom stereocenters. The molecule has 2 amide bonds. The lowest BCUT2D eigenvalue weighted by molar-refractivity contribution is -0.132. The van der Waals surface area contributed by atoms with Crippen LogP contribution in [0.5, 0.6) is 11.6 Å². The second-order valence-corrected chi connectivity index (χ2v) is 14.1. The van der Waals surface area contributed by atoms with Crippen LogP contribution in [0.15, 0.2) is 65.7 Å². The molecule has 0 bridgehead atoms. The van der Waals surface area contributed by atoms with Crippen molar-refractivity contribution in [3.63, 3.8) is 0 Å². The number of carbonyl (C=O) groups is 2. The van der Waals surface area contributed by atoms with Gasteiger partial charge in [0.1, 0.15) is 10.6 Å². The fourth-order valence-corrected chi connectivity index (χ4v) is 8.68. The van der Waals surface area contributed by atoms with Crippen molar-refractivity contribution in [3.8, 4) is 17.7 Å². The molecule has 0 aliphatic carbocycles. The van der Waals surface area contributed by atoms with E-state index in [1.54, 1.807) is 30.9 Å². The van der Waals surface area contributed by atoms with Gasteiger partial charge in [-0.3, -0.25) is 9.69 Å². The summed E-state index contributed by atoms with van der Waals surface area (Å²) in [5, 5.41) is 9.92. The van der Waals surface area contributed by atoms with Crippen molar-refractivity contribution in [2.45, 2.75) is 50.2 Å². The number of likely N-dealkylation sites (N-methyl/N-ethyl adjacent to an activating group) is 1. The topological polar surface area (TPSA) is 146 Å². The lowest BCUT2D eigenvalue weighted by Gasteiger charge is -2.42. The monoisotopic (exact) mass is 702 g/mol. The zero-order valence-corrected chi connectivity index (χ0v) is 29.4. The second-order valence-electron chi connectivity index (χ2n) is 12.3. The molecule has 0 saturated carbocycles. The molecule has 3 aliphatic heterocycles. The molecular formula is C36H42N6O7S. The molecule has 0 N–H and O–H groups in total. The number of fused-ring (bicyclic) bond motifs is 1. The molecule has 14 heteroatoms. The van der Waals surface area contributed by atoms with Crippen LogP contribution in [0.25, 0.3) is 0 Å². The summed E-state index contributed by atoms with van der Waals surface area (Å²) in [6, 6.07) is 15.7. The number of nitriles is 1. The summed E-state index contributed by atoms with van der Waals surface area (Å²) < 4.78 is 47.6. The van der Waals surface area contributed by atoms with E-state index >= 15 is 4.79 Å². The maximum absolute atomic E-state index is 15.1. The van der Waals surface area contributed by atoms with Crippen LogP contribution in [0.2, 0.25) is 0 Å². The Morgan fingerprint density at radius 3 is 2.34 bits per heavy atom. The highest BCUT2D eigenvalue weighted by Gasteiger charge is 2.61. The van der Waals surface area contributed by atoms with Gasteiger partial charge >= 0.3 is 6.09 Å². The van der Waals surface area contributed by atoms with E-state index < -0.39 is 27.6 Å². The Morgan fingerprint density at radius 1 is 0.940 bits per heavy atom. The molecule has 13 nitrogen and oxygen atoms in total. The minimum Gasteiger partial charge on any atom is -0.492 e. The number of ether oxygens (including phenoxy) is 3. The van der Waals surface area contributed by atoms with Gasteiger partial charge in [-0.25, -0.2) is 18.2 Å².